The molecule has 0 aliphatic carbocycles. The fourth-order valence-corrected chi connectivity index (χ4v) is 3.82. The first-order chi connectivity index (χ1) is 12.7. The molecule has 26 heavy (non-hydrogen) atoms. The van der Waals surface area contributed by atoms with Crippen molar-refractivity contribution in [2.24, 2.45) is 7.05 Å². The van der Waals surface area contributed by atoms with Crippen molar-refractivity contribution in [3.05, 3.63) is 48.0 Å². The van der Waals surface area contributed by atoms with Gasteiger partial charge < -0.3 is 14.4 Å². The maximum absolute atomic E-state index is 12.6. The molecule has 7 nitrogen and oxygen atoms in total. The number of carbonyl (C=O) groups is 1. The average Bonchev–Trinajstić information content (AvgIpc) is 3.27. The first-order valence-corrected chi connectivity index (χ1v) is 9.07. The smallest absolute Gasteiger partial charge is 0.272 e. The molecule has 0 saturated carbocycles. The second-order valence-corrected chi connectivity index (χ2v) is 7.12. The zero-order chi connectivity index (χ0) is 18.0. The van der Waals surface area contributed by atoms with Gasteiger partial charge in [-0.1, -0.05) is 6.07 Å². The summed E-state index contributed by atoms with van der Waals surface area (Å²) in [5, 5.41) is 4.08. The Hall–Kier alpha value is -2.25. The van der Waals surface area contributed by atoms with Crippen molar-refractivity contribution < 1.29 is 14.3 Å². The van der Waals surface area contributed by atoms with Crippen LogP contribution in [0.2, 0.25) is 0 Å². The van der Waals surface area contributed by atoms with Gasteiger partial charge >= 0.3 is 0 Å². The minimum Gasteiger partial charge on any atom is -0.372 e. The van der Waals surface area contributed by atoms with Gasteiger partial charge in [-0.25, -0.2) is 0 Å². The third kappa shape index (κ3) is 3.50. The van der Waals surface area contributed by atoms with Crippen LogP contribution in [0.3, 0.4) is 0 Å². The molecule has 0 radical (unpaired) electrons. The van der Waals surface area contributed by atoms with Gasteiger partial charge in [-0.15, -0.1) is 0 Å². The summed E-state index contributed by atoms with van der Waals surface area (Å²) in [6.07, 6.45) is 7.94. The Balaban J connectivity index is 1.29. The van der Waals surface area contributed by atoms with Crippen molar-refractivity contribution in [3.63, 3.8) is 0 Å². The van der Waals surface area contributed by atoms with E-state index in [0.717, 1.165) is 24.8 Å². The number of ether oxygens (including phenoxy) is 2. The molecule has 2 saturated heterocycles. The number of piperidine rings is 1. The highest BCUT2D eigenvalue weighted by molar-refractivity contribution is 5.92. The zero-order valence-corrected chi connectivity index (χ0v) is 15.0. The summed E-state index contributed by atoms with van der Waals surface area (Å²) in [6.45, 7) is 2.59. The Bertz CT molecular complexity index is 753. The van der Waals surface area contributed by atoms with Gasteiger partial charge in [0.25, 0.3) is 5.91 Å². The van der Waals surface area contributed by atoms with E-state index in [1.165, 1.54) is 0 Å². The Labute approximate surface area is 152 Å². The molecule has 2 aliphatic heterocycles. The number of hydrogen-bond donors (Lipinski definition) is 0. The standard InChI is InChI=1S/C19H24N4O3/c1-22-17(4-8-21-22)18(24)23-9-5-19(6-10-23)11-16(14-26-19)25-13-15-3-2-7-20-12-15/h2-4,7-8,12,16H,5-6,9-11,13-14H2,1H3. The molecule has 2 fully saturated rings. The molecule has 2 aromatic heterocycles. The number of amides is 1. The average molecular weight is 356 g/mol. The van der Waals surface area contributed by atoms with Gasteiger partial charge in [-0.3, -0.25) is 14.5 Å². The fourth-order valence-electron chi connectivity index (χ4n) is 3.82. The van der Waals surface area contributed by atoms with E-state index in [1.54, 1.807) is 30.2 Å². The highest BCUT2D eigenvalue weighted by atomic mass is 16.6. The highest BCUT2D eigenvalue weighted by Gasteiger charge is 2.44. The van der Waals surface area contributed by atoms with E-state index in [1.807, 2.05) is 23.2 Å². The number of carbonyl (C=O) groups excluding carboxylic acids is 1. The summed E-state index contributed by atoms with van der Waals surface area (Å²) >= 11 is 0. The van der Waals surface area contributed by atoms with Crippen LogP contribution in [-0.2, 0) is 23.1 Å². The monoisotopic (exact) mass is 356 g/mol. The zero-order valence-electron chi connectivity index (χ0n) is 15.0. The van der Waals surface area contributed by atoms with Crippen molar-refractivity contribution in [2.45, 2.75) is 37.6 Å². The molecule has 1 unspecified atom stereocenters. The number of pyridine rings is 1. The molecule has 1 amide bonds. The van der Waals surface area contributed by atoms with Crippen molar-refractivity contribution >= 4 is 5.91 Å². The predicted molar refractivity (Wildman–Crippen MR) is 94.5 cm³/mol. The predicted octanol–water partition coefficient (Wildman–Crippen LogP) is 1.80. The highest BCUT2D eigenvalue weighted by Crippen LogP contribution is 2.37. The maximum Gasteiger partial charge on any atom is 0.272 e. The Morgan fingerprint density at radius 3 is 2.88 bits per heavy atom. The van der Waals surface area contributed by atoms with Crippen LogP contribution in [0.15, 0.2) is 36.8 Å². The van der Waals surface area contributed by atoms with E-state index < -0.39 is 0 Å². The molecule has 1 spiro atoms. The second kappa shape index (κ2) is 7.17. The lowest BCUT2D eigenvalue weighted by atomic mass is 9.88. The number of hydrogen-bond acceptors (Lipinski definition) is 5. The molecular weight excluding hydrogens is 332 g/mol. The van der Waals surface area contributed by atoms with Gasteiger partial charge in [0.2, 0.25) is 0 Å². The lowest BCUT2D eigenvalue weighted by Crippen LogP contribution is -2.47. The fraction of sp³-hybridized carbons (Fsp3) is 0.526. The normalized spacial score (nSPS) is 22.0. The SMILES string of the molecule is Cn1nccc1C(=O)N1CCC2(CC1)CC(OCc1cccnc1)CO2. The van der Waals surface area contributed by atoms with E-state index in [0.29, 0.717) is 32.0 Å². The van der Waals surface area contributed by atoms with Crippen LogP contribution < -0.4 is 0 Å². The van der Waals surface area contributed by atoms with Crippen molar-refractivity contribution in [1.82, 2.24) is 19.7 Å². The molecular formula is C19H24N4O3. The number of nitrogens with zero attached hydrogens (tertiary/aromatic N) is 4. The molecule has 0 bridgehead atoms. The summed E-state index contributed by atoms with van der Waals surface area (Å²) in [7, 11) is 1.79. The molecule has 0 aromatic carbocycles. The molecule has 4 heterocycles. The van der Waals surface area contributed by atoms with E-state index in [4.69, 9.17) is 9.47 Å². The molecule has 138 valence electrons. The quantitative estimate of drug-likeness (QED) is 0.835. The third-order valence-corrected chi connectivity index (χ3v) is 5.39. The van der Waals surface area contributed by atoms with Crippen LogP contribution in [0, 0.1) is 0 Å². The lowest BCUT2D eigenvalue weighted by molar-refractivity contribution is -0.0413. The van der Waals surface area contributed by atoms with Crippen molar-refractivity contribution in [1.29, 1.82) is 0 Å². The van der Waals surface area contributed by atoms with Gasteiger partial charge in [0.05, 0.1) is 24.9 Å². The van der Waals surface area contributed by atoms with E-state index in [2.05, 4.69) is 10.1 Å². The summed E-state index contributed by atoms with van der Waals surface area (Å²) in [5.74, 6) is 0.0437. The third-order valence-electron chi connectivity index (χ3n) is 5.39. The minimum absolute atomic E-state index is 0.0437. The number of rotatable bonds is 4. The van der Waals surface area contributed by atoms with Gasteiger partial charge in [-0.05, 0) is 30.5 Å². The Morgan fingerprint density at radius 1 is 1.35 bits per heavy atom. The van der Waals surface area contributed by atoms with Gasteiger partial charge in [0.15, 0.2) is 0 Å². The molecule has 2 aliphatic rings. The van der Waals surface area contributed by atoms with E-state index >= 15 is 0 Å². The maximum atomic E-state index is 12.6. The largest absolute Gasteiger partial charge is 0.372 e. The molecule has 0 N–H and O–H groups in total. The van der Waals surface area contributed by atoms with Crippen LogP contribution in [-0.4, -0.2) is 57.0 Å². The topological polar surface area (TPSA) is 69.5 Å². The van der Waals surface area contributed by atoms with Crippen LogP contribution in [0.1, 0.15) is 35.3 Å². The van der Waals surface area contributed by atoms with Gasteiger partial charge in [0, 0.05) is 45.1 Å². The van der Waals surface area contributed by atoms with Crippen LogP contribution in [0.25, 0.3) is 0 Å². The minimum atomic E-state index is -0.150. The van der Waals surface area contributed by atoms with Crippen LogP contribution in [0.4, 0.5) is 0 Å². The molecule has 4 rings (SSSR count). The van der Waals surface area contributed by atoms with Gasteiger partial charge in [0.1, 0.15) is 5.69 Å². The second-order valence-electron chi connectivity index (χ2n) is 7.12. The first-order valence-electron chi connectivity index (χ1n) is 9.07. The summed E-state index contributed by atoms with van der Waals surface area (Å²) in [5.41, 5.74) is 1.55. The van der Waals surface area contributed by atoms with E-state index in [9.17, 15) is 4.79 Å². The van der Waals surface area contributed by atoms with Gasteiger partial charge in [-0.2, -0.15) is 5.10 Å². The van der Waals surface area contributed by atoms with Crippen LogP contribution in [0.5, 0.6) is 0 Å². The molecule has 2 aromatic rings. The number of likely N-dealkylation sites (tertiary alicyclic amines) is 1. The number of aromatic nitrogens is 3. The lowest BCUT2D eigenvalue weighted by Gasteiger charge is -2.38. The Kier molecular flexibility index (Phi) is 4.74. The van der Waals surface area contributed by atoms with Crippen LogP contribution >= 0.6 is 0 Å². The van der Waals surface area contributed by atoms with Crippen molar-refractivity contribution in [3.8, 4) is 0 Å². The number of aryl methyl sites for hydroxylation is 1. The first kappa shape index (κ1) is 17.2. The summed E-state index contributed by atoms with van der Waals surface area (Å²) in [6, 6.07) is 5.70. The summed E-state index contributed by atoms with van der Waals surface area (Å²) < 4.78 is 13.8. The molecule has 7 heteroatoms. The summed E-state index contributed by atoms with van der Waals surface area (Å²) in [4.78, 5) is 18.6. The van der Waals surface area contributed by atoms with E-state index in [-0.39, 0.29) is 17.6 Å². The Morgan fingerprint density at radius 2 is 2.19 bits per heavy atom. The van der Waals surface area contributed by atoms with Crippen molar-refractivity contribution in [2.75, 3.05) is 19.7 Å². The molecule has 1 atom stereocenters.